The minimum Gasteiger partial charge on any atom is -0.486 e. The predicted molar refractivity (Wildman–Crippen MR) is 62.2 cm³/mol. The van der Waals surface area contributed by atoms with E-state index in [1.807, 2.05) is 17.2 Å². The molecule has 2 aliphatic rings. The minimum atomic E-state index is -0.751. The average Bonchev–Trinajstić information content (AvgIpc) is 2.69. The summed E-state index contributed by atoms with van der Waals surface area (Å²) in [5.41, 5.74) is 0. The zero-order valence-electron chi connectivity index (χ0n) is 9.02. The highest BCUT2D eigenvalue weighted by Crippen LogP contribution is 2.41. The van der Waals surface area contributed by atoms with Crippen molar-refractivity contribution in [1.82, 2.24) is 4.98 Å². The lowest BCUT2D eigenvalue weighted by atomic mass is 10.2. The standard InChI is InChI=1S/C11H13FN2OS/c1-16-9-2-3-13-11-10(9)15-6-8-4-7(12)5-14(8)11/h2-3,7-8H,4-6H2,1H3/t7-,8+/m1/s1. The first-order valence-corrected chi connectivity index (χ1v) is 6.58. The van der Waals surface area contributed by atoms with Gasteiger partial charge in [-0.15, -0.1) is 11.8 Å². The summed E-state index contributed by atoms with van der Waals surface area (Å²) < 4.78 is 19.1. The highest BCUT2D eigenvalue weighted by molar-refractivity contribution is 7.98. The minimum absolute atomic E-state index is 0.159. The summed E-state index contributed by atoms with van der Waals surface area (Å²) in [4.78, 5) is 7.45. The van der Waals surface area contributed by atoms with E-state index < -0.39 is 6.17 Å². The molecular weight excluding hydrogens is 227 g/mol. The highest BCUT2D eigenvalue weighted by atomic mass is 32.2. The lowest BCUT2D eigenvalue weighted by Crippen LogP contribution is -2.38. The van der Waals surface area contributed by atoms with Crippen LogP contribution in [0.4, 0.5) is 10.2 Å². The summed E-state index contributed by atoms with van der Waals surface area (Å²) >= 11 is 1.63. The first-order chi connectivity index (χ1) is 7.79. The van der Waals surface area contributed by atoms with E-state index in [1.54, 1.807) is 18.0 Å². The number of pyridine rings is 1. The van der Waals surface area contributed by atoms with Crippen molar-refractivity contribution in [3.63, 3.8) is 0 Å². The molecule has 1 saturated heterocycles. The summed E-state index contributed by atoms with van der Waals surface area (Å²) in [5.74, 6) is 1.63. The van der Waals surface area contributed by atoms with Gasteiger partial charge >= 0.3 is 0 Å². The summed E-state index contributed by atoms with van der Waals surface area (Å²) in [6.07, 6.45) is 3.58. The molecule has 1 aromatic rings. The number of halogens is 1. The van der Waals surface area contributed by atoms with Crippen molar-refractivity contribution in [3.05, 3.63) is 12.3 Å². The van der Waals surface area contributed by atoms with Gasteiger partial charge in [-0.2, -0.15) is 0 Å². The number of alkyl halides is 1. The largest absolute Gasteiger partial charge is 0.486 e. The number of rotatable bonds is 1. The van der Waals surface area contributed by atoms with Gasteiger partial charge in [0.25, 0.3) is 0 Å². The van der Waals surface area contributed by atoms with Gasteiger partial charge in [0.05, 0.1) is 17.5 Å². The maximum absolute atomic E-state index is 13.4. The van der Waals surface area contributed by atoms with E-state index in [2.05, 4.69) is 4.98 Å². The fourth-order valence-electron chi connectivity index (χ4n) is 2.38. The summed E-state index contributed by atoms with van der Waals surface area (Å²) in [6, 6.07) is 2.10. The Morgan fingerprint density at radius 1 is 1.62 bits per heavy atom. The number of nitrogens with zero attached hydrogens (tertiary/aromatic N) is 2. The smallest absolute Gasteiger partial charge is 0.175 e. The van der Waals surface area contributed by atoms with Crippen molar-refractivity contribution in [1.29, 1.82) is 0 Å². The van der Waals surface area contributed by atoms with Crippen molar-refractivity contribution in [2.45, 2.75) is 23.5 Å². The van der Waals surface area contributed by atoms with E-state index in [1.165, 1.54) is 0 Å². The third-order valence-electron chi connectivity index (χ3n) is 3.13. The van der Waals surface area contributed by atoms with Crippen LogP contribution in [0.2, 0.25) is 0 Å². The Labute approximate surface area is 98.0 Å². The molecule has 0 bridgehead atoms. The Bertz CT molecular complexity index is 415. The van der Waals surface area contributed by atoms with E-state index in [0.29, 0.717) is 19.6 Å². The second-order valence-corrected chi connectivity index (χ2v) is 4.96. The van der Waals surface area contributed by atoms with Crippen LogP contribution in [0.25, 0.3) is 0 Å². The Balaban J connectivity index is 2.03. The molecule has 0 unspecified atom stereocenters. The molecule has 1 fully saturated rings. The van der Waals surface area contributed by atoms with Crippen LogP contribution in [0.15, 0.2) is 17.2 Å². The van der Waals surface area contributed by atoms with Crippen molar-refractivity contribution in [3.8, 4) is 5.75 Å². The van der Waals surface area contributed by atoms with Crippen LogP contribution in [0.1, 0.15) is 6.42 Å². The van der Waals surface area contributed by atoms with E-state index >= 15 is 0 Å². The Morgan fingerprint density at radius 3 is 3.31 bits per heavy atom. The van der Waals surface area contributed by atoms with Crippen LogP contribution < -0.4 is 9.64 Å². The van der Waals surface area contributed by atoms with Gasteiger partial charge in [-0.25, -0.2) is 9.37 Å². The Kier molecular flexibility index (Phi) is 2.42. The molecule has 0 saturated carbocycles. The first kappa shape index (κ1) is 10.2. The Morgan fingerprint density at radius 2 is 2.50 bits per heavy atom. The van der Waals surface area contributed by atoms with Crippen LogP contribution in [0, 0.1) is 0 Å². The molecule has 0 spiro atoms. The molecule has 5 heteroatoms. The molecule has 2 aliphatic heterocycles. The quantitative estimate of drug-likeness (QED) is 0.702. The average molecular weight is 240 g/mol. The fraction of sp³-hybridized carbons (Fsp3) is 0.545. The Hall–Kier alpha value is -0.970. The zero-order valence-corrected chi connectivity index (χ0v) is 9.84. The number of hydrogen-bond acceptors (Lipinski definition) is 4. The normalized spacial score (nSPS) is 27.2. The second-order valence-electron chi connectivity index (χ2n) is 4.12. The second kappa shape index (κ2) is 3.80. The summed E-state index contributed by atoms with van der Waals surface area (Å²) in [7, 11) is 0. The molecule has 3 heterocycles. The van der Waals surface area contributed by atoms with Crippen molar-refractivity contribution >= 4 is 17.6 Å². The number of fused-ring (bicyclic) bond motifs is 3. The molecule has 2 atom stereocenters. The molecule has 0 amide bonds. The summed E-state index contributed by atoms with van der Waals surface area (Å²) in [6.45, 7) is 1.03. The van der Waals surface area contributed by atoms with Crippen molar-refractivity contribution in [2.75, 3.05) is 24.3 Å². The van der Waals surface area contributed by atoms with Gasteiger partial charge in [0.1, 0.15) is 12.8 Å². The number of aromatic nitrogens is 1. The van der Waals surface area contributed by atoms with Gasteiger partial charge in [0.15, 0.2) is 11.6 Å². The molecule has 16 heavy (non-hydrogen) atoms. The molecule has 0 radical (unpaired) electrons. The van der Waals surface area contributed by atoms with Crippen LogP contribution in [-0.4, -0.2) is 36.6 Å². The molecule has 0 aliphatic carbocycles. The molecule has 1 aromatic heterocycles. The van der Waals surface area contributed by atoms with Crippen molar-refractivity contribution in [2.24, 2.45) is 0 Å². The molecule has 86 valence electrons. The third kappa shape index (κ3) is 1.45. The number of thioether (sulfide) groups is 1. The van der Waals surface area contributed by atoms with Gasteiger partial charge in [-0.3, -0.25) is 0 Å². The van der Waals surface area contributed by atoms with Crippen LogP contribution in [0.3, 0.4) is 0 Å². The molecule has 3 rings (SSSR count). The maximum Gasteiger partial charge on any atom is 0.175 e. The lowest BCUT2D eigenvalue weighted by molar-refractivity contribution is 0.256. The van der Waals surface area contributed by atoms with Gasteiger partial charge in [0, 0.05) is 12.6 Å². The SMILES string of the molecule is CSc1ccnc2c1OC[C@@H]1C[C@@H](F)CN21. The number of hydrogen-bond donors (Lipinski definition) is 0. The predicted octanol–water partition coefficient (Wildman–Crippen LogP) is 2.11. The molecule has 0 N–H and O–H groups in total. The molecule has 3 nitrogen and oxygen atoms in total. The zero-order chi connectivity index (χ0) is 11.1. The van der Waals surface area contributed by atoms with Crippen LogP contribution >= 0.6 is 11.8 Å². The maximum atomic E-state index is 13.4. The van der Waals surface area contributed by atoms with E-state index in [4.69, 9.17) is 4.74 Å². The summed E-state index contributed by atoms with van der Waals surface area (Å²) in [5, 5.41) is 0. The molecule has 0 aromatic carbocycles. The fourth-order valence-corrected chi connectivity index (χ4v) is 2.91. The molecular formula is C11H13FN2OS. The lowest BCUT2D eigenvalue weighted by Gasteiger charge is -2.32. The van der Waals surface area contributed by atoms with Crippen molar-refractivity contribution < 1.29 is 9.13 Å². The van der Waals surface area contributed by atoms with Gasteiger partial charge < -0.3 is 9.64 Å². The monoisotopic (exact) mass is 240 g/mol. The van der Waals surface area contributed by atoms with Crippen LogP contribution in [-0.2, 0) is 0 Å². The first-order valence-electron chi connectivity index (χ1n) is 5.36. The topological polar surface area (TPSA) is 25.4 Å². The van der Waals surface area contributed by atoms with E-state index in [-0.39, 0.29) is 6.04 Å². The van der Waals surface area contributed by atoms with Crippen LogP contribution in [0.5, 0.6) is 5.75 Å². The number of ether oxygens (including phenoxy) is 1. The van der Waals surface area contributed by atoms with Gasteiger partial charge in [0.2, 0.25) is 0 Å². The highest BCUT2D eigenvalue weighted by Gasteiger charge is 2.38. The van der Waals surface area contributed by atoms with Gasteiger partial charge in [-0.1, -0.05) is 0 Å². The van der Waals surface area contributed by atoms with Gasteiger partial charge in [-0.05, 0) is 12.3 Å². The third-order valence-corrected chi connectivity index (χ3v) is 3.89. The number of anilines is 1. The van der Waals surface area contributed by atoms with E-state index in [9.17, 15) is 4.39 Å². The van der Waals surface area contributed by atoms with E-state index in [0.717, 1.165) is 16.5 Å².